The lowest BCUT2D eigenvalue weighted by atomic mass is 9.98. The molecule has 3 aromatic rings. The van der Waals surface area contributed by atoms with E-state index in [1.54, 1.807) is 6.07 Å². The molecule has 32 heavy (non-hydrogen) atoms. The molecule has 4 N–H and O–H groups in total. The number of hydrogen-bond acceptors (Lipinski definition) is 7. The molecule has 3 rings (SSSR count). The minimum Gasteiger partial charge on any atom is -0.468 e. The van der Waals surface area contributed by atoms with Crippen LogP contribution in [0, 0.1) is 0 Å². The van der Waals surface area contributed by atoms with Crippen molar-refractivity contribution in [3.05, 3.63) is 66.5 Å². The fourth-order valence-electron chi connectivity index (χ4n) is 2.81. The average molecular weight is 517 g/mol. The zero-order valence-corrected chi connectivity index (χ0v) is 19.1. The van der Waals surface area contributed by atoms with Crippen LogP contribution in [0.4, 0.5) is 5.69 Å². The third kappa shape index (κ3) is 4.81. The smallest absolute Gasteiger partial charge is 0.321 e. The number of benzene rings is 2. The van der Waals surface area contributed by atoms with Crippen molar-refractivity contribution in [2.45, 2.75) is 5.92 Å². The number of anilines is 1. The Morgan fingerprint density at radius 2 is 1.81 bits per heavy atom. The highest BCUT2D eigenvalue weighted by atomic mass is 35.5. The molecular weight excluding hydrogens is 504 g/mol. The molecule has 0 spiro atoms. The molecule has 13 heteroatoms. The lowest BCUT2D eigenvalue weighted by Gasteiger charge is -2.16. The summed E-state index contributed by atoms with van der Waals surface area (Å²) in [5, 5.41) is 6.58. The average Bonchev–Trinajstić information content (AvgIpc) is 2.74. The van der Waals surface area contributed by atoms with Crippen molar-refractivity contribution >= 4 is 80.7 Å². The van der Waals surface area contributed by atoms with Crippen LogP contribution in [0.1, 0.15) is 11.6 Å². The topological polar surface area (TPSA) is 140 Å². The number of nitrogens with zero attached hydrogens (tertiary/aromatic N) is 2. The van der Waals surface area contributed by atoms with Gasteiger partial charge in [0.25, 0.3) is 11.5 Å². The molecule has 0 saturated heterocycles. The van der Waals surface area contributed by atoms with Gasteiger partial charge >= 0.3 is 5.97 Å². The summed E-state index contributed by atoms with van der Waals surface area (Å²) in [5.41, 5.74) is -0.963. The first-order valence-corrected chi connectivity index (χ1v) is 10.2. The van der Waals surface area contributed by atoms with E-state index < -0.39 is 29.1 Å². The van der Waals surface area contributed by atoms with Gasteiger partial charge in [0.1, 0.15) is 11.4 Å². The number of hydrazone groups is 1. The highest BCUT2D eigenvalue weighted by molar-refractivity contribution is 6.49. The number of fused-ring (bicyclic) bond motifs is 1. The van der Waals surface area contributed by atoms with Crippen molar-refractivity contribution in [1.82, 2.24) is 9.97 Å². The minimum atomic E-state index is -1.64. The predicted molar refractivity (Wildman–Crippen MR) is 124 cm³/mol. The molecule has 0 aliphatic heterocycles. The molecule has 0 saturated carbocycles. The van der Waals surface area contributed by atoms with Crippen molar-refractivity contribution in [3.63, 3.8) is 0 Å². The molecule has 0 fully saturated rings. The second-order valence-electron chi connectivity index (χ2n) is 6.28. The normalized spacial score (nSPS) is 12.5. The first-order valence-electron chi connectivity index (χ1n) is 8.67. The summed E-state index contributed by atoms with van der Waals surface area (Å²) in [5.74, 6) is 1.84. The van der Waals surface area contributed by atoms with E-state index in [0.717, 1.165) is 7.11 Å². The number of halogens is 4. The quantitative estimate of drug-likeness (QED) is 0.155. The number of H-pyrrole nitrogens is 1. The number of aromatic nitrogens is 2. The van der Waals surface area contributed by atoms with Gasteiger partial charge in [0.05, 0.1) is 38.9 Å². The number of rotatable bonds is 5. The summed E-state index contributed by atoms with van der Waals surface area (Å²) in [4.78, 5) is 44.9. The van der Waals surface area contributed by atoms with Crippen LogP contribution >= 0.6 is 46.4 Å². The number of carbonyl (C=O) groups excluding carboxylic acids is 2. The third-order valence-corrected chi connectivity index (χ3v) is 5.56. The Labute approximate surface area is 200 Å². The standard InChI is InChI=1S/C19H13Cl4N5O4/c1-32-19(31)14(15-17(29)27-13-4-7(20)2-3-11(13)25-15)16(28-24)18(30)26-12-6-9(22)8(21)5-10(12)23/h2-6,14H,24H2,1H3,(H,26,30)(H,27,29). The number of methoxy groups -OCH3 is 1. The first kappa shape index (κ1) is 23.8. The molecule has 1 unspecified atom stereocenters. The lowest BCUT2D eigenvalue weighted by Crippen LogP contribution is -2.38. The maximum Gasteiger partial charge on any atom is 0.321 e. The van der Waals surface area contributed by atoms with Gasteiger partial charge in [-0.15, -0.1) is 0 Å². The number of aromatic amines is 1. The highest BCUT2D eigenvalue weighted by Crippen LogP contribution is 2.32. The van der Waals surface area contributed by atoms with Crippen molar-refractivity contribution in [3.8, 4) is 0 Å². The van der Waals surface area contributed by atoms with Crippen LogP contribution in [-0.2, 0) is 14.3 Å². The van der Waals surface area contributed by atoms with Crippen LogP contribution < -0.4 is 16.7 Å². The molecular formula is C19H13Cl4N5O4. The van der Waals surface area contributed by atoms with E-state index in [0.29, 0.717) is 16.1 Å². The maximum atomic E-state index is 12.9. The first-order chi connectivity index (χ1) is 15.2. The monoisotopic (exact) mass is 515 g/mol. The summed E-state index contributed by atoms with van der Waals surface area (Å²) in [6, 6.07) is 7.18. The van der Waals surface area contributed by atoms with E-state index in [-0.39, 0.29) is 26.4 Å². The van der Waals surface area contributed by atoms with Crippen LogP contribution in [0.3, 0.4) is 0 Å². The van der Waals surface area contributed by atoms with Crippen molar-refractivity contribution in [2.24, 2.45) is 10.9 Å². The van der Waals surface area contributed by atoms with E-state index in [1.807, 2.05) is 0 Å². The number of ether oxygens (including phenoxy) is 1. The SMILES string of the molecule is COC(=O)C(C(=NN)C(=O)Nc1cc(Cl)c(Cl)cc1Cl)c1nc2ccc(Cl)cc2[nH]c1=O. The number of nitrogens with one attached hydrogen (secondary N) is 2. The van der Waals surface area contributed by atoms with Gasteiger partial charge in [-0.1, -0.05) is 46.4 Å². The molecule has 1 atom stereocenters. The van der Waals surface area contributed by atoms with Crippen LogP contribution in [0.2, 0.25) is 20.1 Å². The molecule has 0 aliphatic carbocycles. The van der Waals surface area contributed by atoms with Gasteiger partial charge in [-0.3, -0.25) is 14.4 Å². The summed E-state index contributed by atoms with van der Waals surface area (Å²) in [6.45, 7) is 0. The van der Waals surface area contributed by atoms with E-state index in [1.165, 1.54) is 24.3 Å². The lowest BCUT2D eigenvalue weighted by molar-refractivity contribution is -0.141. The summed E-state index contributed by atoms with van der Waals surface area (Å²) < 4.78 is 4.76. The summed E-state index contributed by atoms with van der Waals surface area (Å²) >= 11 is 23.9. The van der Waals surface area contributed by atoms with Gasteiger partial charge in [-0.05, 0) is 30.3 Å². The van der Waals surface area contributed by atoms with Gasteiger partial charge in [-0.2, -0.15) is 5.10 Å². The Hall–Kier alpha value is -2.85. The Morgan fingerprint density at radius 3 is 2.47 bits per heavy atom. The van der Waals surface area contributed by atoms with E-state index in [2.05, 4.69) is 20.4 Å². The molecule has 1 heterocycles. The number of nitrogens with two attached hydrogens (primary N) is 1. The van der Waals surface area contributed by atoms with Crippen LogP contribution in [-0.4, -0.2) is 34.7 Å². The number of esters is 1. The zero-order valence-electron chi connectivity index (χ0n) is 16.1. The van der Waals surface area contributed by atoms with Gasteiger partial charge in [0.15, 0.2) is 5.92 Å². The third-order valence-electron chi connectivity index (χ3n) is 4.29. The van der Waals surface area contributed by atoms with E-state index in [4.69, 9.17) is 57.0 Å². The maximum absolute atomic E-state index is 12.9. The molecule has 0 radical (unpaired) electrons. The highest BCUT2D eigenvalue weighted by Gasteiger charge is 2.36. The van der Waals surface area contributed by atoms with Crippen LogP contribution in [0.15, 0.2) is 40.2 Å². The fourth-order valence-corrected chi connectivity index (χ4v) is 3.57. The Balaban J connectivity index is 2.07. The second kappa shape index (κ2) is 9.74. The van der Waals surface area contributed by atoms with Gasteiger partial charge in [0, 0.05) is 5.02 Å². The number of carbonyl (C=O) groups is 2. The fraction of sp³-hybridized carbons (Fsp3) is 0.105. The summed E-state index contributed by atoms with van der Waals surface area (Å²) in [7, 11) is 1.08. The predicted octanol–water partition coefficient (Wildman–Crippen LogP) is 3.75. The molecule has 9 nitrogen and oxygen atoms in total. The number of amides is 1. The molecule has 1 aromatic heterocycles. The number of hydrogen-bond donors (Lipinski definition) is 3. The van der Waals surface area contributed by atoms with E-state index >= 15 is 0 Å². The van der Waals surface area contributed by atoms with Crippen molar-refractivity contribution in [2.75, 3.05) is 12.4 Å². The van der Waals surface area contributed by atoms with Crippen molar-refractivity contribution in [1.29, 1.82) is 0 Å². The van der Waals surface area contributed by atoms with Crippen molar-refractivity contribution < 1.29 is 14.3 Å². The van der Waals surface area contributed by atoms with E-state index in [9.17, 15) is 14.4 Å². The van der Waals surface area contributed by atoms with Crippen LogP contribution in [0.5, 0.6) is 0 Å². The Kier molecular flexibility index (Phi) is 7.25. The Morgan fingerprint density at radius 1 is 1.12 bits per heavy atom. The Bertz CT molecular complexity index is 1330. The summed E-state index contributed by atoms with van der Waals surface area (Å²) in [6.07, 6.45) is 0. The van der Waals surface area contributed by atoms with Gasteiger partial charge < -0.3 is 20.9 Å². The molecule has 2 aromatic carbocycles. The molecule has 0 bridgehead atoms. The molecule has 1 amide bonds. The second-order valence-corrected chi connectivity index (χ2v) is 7.94. The van der Waals surface area contributed by atoms with Gasteiger partial charge in [-0.25, -0.2) is 4.98 Å². The largest absolute Gasteiger partial charge is 0.468 e. The van der Waals surface area contributed by atoms with Gasteiger partial charge in [0.2, 0.25) is 0 Å². The van der Waals surface area contributed by atoms with Crippen LogP contribution in [0.25, 0.3) is 11.0 Å². The molecule has 166 valence electrons. The zero-order chi connectivity index (χ0) is 23.6. The minimum absolute atomic E-state index is 0.0669. The molecule has 0 aliphatic rings.